The Labute approximate surface area is 269 Å². The lowest BCUT2D eigenvalue weighted by Gasteiger charge is -2.57. The highest BCUT2D eigenvalue weighted by Gasteiger charge is 2.51. The molecule has 222 valence electrons. The van der Waals surface area contributed by atoms with Crippen LogP contribution in [-0.4, -0.2) is 15.0 Å². The Kier molecular flexibility index (Phi) is 6.35. The van der Waals surface area contributed by atoms with Crippen LogP contribution in [-0.2, 0) is 5.41 Å². The lowest BCUT2D eigenvalue weighted by molar-refractivity contribution is -0.00518. The van der Waals surface area contributed by atoms with Crippen molar-refractivity contribution in [3.63, 3.8) is 0 Å². The Balaban J connectivity index is 1.19. The lowest BCUT2D eigenvalue weighted by atomic mass is 9.48. The third kappa shape index (κ3) is 4.70. The van der Waals surface area contributed by atoms with Gasteiger partial charge >= 0.3 is 0 Å². The van der Waals surface area contributed by atoms with Gasteiger partial charge in [-0.3, -0.25) is 0 Å². The van der Waals surface area contributed by atoms with Gasteiger partial charge in [0.05, 0.1) is 11.6 Å². The molecule has 4 nitrogen and oxygen atoms in total. The topological polar surface area (TPSA) is 62.5 Å². The van der Waals surface area contributed by atoms with Crippen LogP contribution in [0.5, 0.6) is 0 Å². The Morgan fingerprint density at radius 3 is 1.67 bits per heavy atom. The molecule has 46 heavy (non-hydrogen) atoms. The van der Waals surface area contributed by atoms with Crippen molar-refractivity contribution < 1.29 is 0 Å². The highest BCUT2D eigenvalue weighted by molar-refractivity contribution is 5.99. The first-order chi connectivity index (χ1) is 22.6. The quantitative estimate of drug-likeness (QED) is 0.199. The molecule has 0 spiro atoms. The van der Waals surface area contributed by atoms with E-state index < -0.39 is 0 Å². The van der Waals surface area contributed by atoms with Gasteiger partial charge in [-0.15, -0.1) is 0 Å². The van der Waals surface area contributed by atoms with Gasteiger partial charge in [0.25, 0.3) is 0 Å². The minimum Gasteiger partial charge on any atom is -0.208 e. The van der Waals surface area contributed by atoms with Gasteiger partial charge in [0.15, 0.2) is 17.5 Å². The van der Waals surface area contributed by atoms with Crippen LogP contribution in [0.4, 0.5) is 0 Å². The summed E-state index contributed by atoms with van der Waals surface area (Å²) in [6, 6.07) is 42.2. The van der Waals surface area contributed by atoms with E-state index >= 15 is 0 Å². The fraction of sp³-hybridized carbons (Fsp3) is 0.238. The van der Waals surface area contributed by atoms with E-state index in [2.05, 4.69) is 42.5 Å². The molecule has 1 aromatic heterocycles. The molecule has 4 aliphatic carbocycles. The Hall–Kier alpha value is -5.14. The second kappa shape index (κ2) is 10.7. The van der Waals surface area contributed by atoms with Gasteiger partial charge in [0.2, 0.25) is 0 Å². The third-order valence-corrected chi connectivity index (χ3v) is 10.9. The van der Waals surface area contributed by atoms with E-state index in [1.54, 1.807) is 0 Å². The molecule has 4 aliphatic rings. The average Bonchev–Trinajstić information content (AvgIpc) is 3.11. The zero-order valence-electron chi connectivity index (χ0n) is 25.7. The number of hydrogen-bond acceptors (Lipinski definition) is 4. The summed E-state index contributed by atoms with van der Waals surface area (Å²) in [7, 11) is 0. The van der Waals surface area contributed by atoms with E-state index in [9.17, 15) is 5.26 Å². The highest BCUT2D eigenvalue weighted by Crippen LogP contribution is 2.60. The van der Waals surface area contributed by atoms with Crippen LogP contribution in [0.1, 0.15) is 49.7 Å². The van der Waals surface area contributed by atoms with E-state index in [-0.39, 0.29) is 0 Å². The molecular formula is C42H34N4. The summed E-state index contributed by atoms with van der Waals surface area (Å²) in [6.07, 6.45) is 8.46. The molecule has 0 amide bonds. The lowest BCUT2D eigenvalue weighted by Crippen LogP contribution is -2.48. The smallest absolute Gasteiger partial charge is 0.164 e. The summed E-state index contributed by atoms with van der Waals surface area (Å²) in [5.41, 5.74) is 7.61. The van der Waals surface area contributed by atoms with Crippen molar-refractivity contribution in [2.24, 2.45) is 17.8 Å². The second-order valence-electron chi connectivity index (χ2n) is 13.9. The van der Waals surface area contributed by atoms with Gasteiger partial charge < -0.3 is 0 Å². The van der Waals surface area contributed by atoms with Crippen LogP contribution in [0.25, 0.3) is 56.1 Å². The van der Waals surface area contributed by atoms with Crippen molar-refractivity contribution in [1.82, 2.24) is 15.0 Å². The number of nitriles is 1. The number of rotatable bonds is 5. The average molecular weight is 595 g/mol. The maximum atomic E-state index is 9.76. The summed E-state index contributed by atoms with van der Waals surface area (Å²) in [5.74, 6) is 4.66. The summed E-state index contributed by atoms with van der Waals surface area (Å²) in [5, 5.41) is 11.8. The Bertz CT molecular complexity index is 2030. The first kappa shape index (κ1) is 27.2. The van der Waals surface area contributed by atoms with Crippen LogP contribution < -0.4 is 0 Å². The predicted molar refractivity (Wildman–Crippen MR) is 184 cm³/mol. The molecule has 4 heteroatoms. The van der Waals surface area contributed by atoms with E-state index in [1.165, 1.54) is 49.7 Å². The standard InChI is InChI=1S/C42H34N4/c43-26-27-11-16-37-35(20-27)21-34(31-12-14-36(15-13-31)42-23-28-17-29(24-42)19-30(18-28)25-42)22-38(37)41-45-39(32-7-3-1-4-8-32)44-40(46-41)33-9-5-2-6-10-33/h1-16,20-22,28-30H,17-19,23-25H2. The summed E-state index contributed by atoms with van der Waals surface area (Å²) in [4.78, 5) is 15.0. The molecule has 0 atom stereocenters. The molecule has 4 saturated carbocycles. The first-order valence-electron chi connectivity index (χ1n) is 16.6. The van der Waals surface area contributed by atoms with Crippen molar-refractivity contribution in [2.75, 3.05) is 0 Å². The van der Waals surface area contributed by atoms with Crippen molar-refractivity contribution in [1.29, 1.82) is 5.26 Å². The number of nitrogens with zero attached hydrogens (tertiary/aromatic N) is 4. The largest absolute Gasteiger partial charge is 0.208 e. The number of aromatic nitrogens is 3. The molecule has 6 aromatic rings. The first-order valence-corrected chi connectivity index (χ1v) is 16.6. The Morgan fingerprint density at radius 1 is 0.543 bits per heavy atom. The fourth-order valence-corrected chi connectivity index (χ4v) is 9.20. The molecule has 0 unspecified atom stereocenters. The normalized spacial score (nSPS) is 23.0. The van der Waals surface area contributed by atoms with Gasteiger partial charge in [-0.1, -0.05) is 91.0 Å². The van der Waals surface area contributed by atoms with Gasteiger partial charge in [-0.05, 0) is 113 Å². The molecule has 10 rings (SSSR count). The third-order valence-electron chi connectivity index (χ3n) is 10.9. The van der Waals surface area contributed by atoms with Gasteiger partial charge in [0.1, 0.15) is 0 Å². The maximum absolute atomic E-state index is 9.76. The molecule has 0 saturated heterocycles. The number of hydrogen-bond donors (Lipinski definition) is 0. The molecule has 0 radical (unpaired) electrons. The van der Waals surface area contributed by atoms with E-state index in [0.717, 1.165) is 50.8 Å². The molecule has 5 aromatic carbocycles. The minimum atomic E-state index is 0.371. The van der Waals surface area contributed by atoms with Gasteiger partial charge in [-0.2, -0.15) is 5.26 Å². The van der Waals surface area contributed by atoms with Crippen molar-refractivity contribution in [2.45, 2.75) is 43.9 Å². The van der Waals surface area contributed by atoms with Crippen LogP contribution in [0.2, 0.25) is 0 Å². The predicted octanol–water partition coefficient (Wildman–Crippen LogP) is 10.0. The van der Waals surface area contributed by atoms with Crippen LogP contribution >= 0.6 is 0 Å². The van der Waals surface area contributed by atoms with E-state index in [4.69, 9.17) is 15.0 Å². The van der Waals surface area contributed by atoms with Crippen molar-refractivity contribution in [3.8, 4) is 51.4 Å². The van der Waals surface area contributed by atoms with Gasteiger partial charge in [0, 0.05) is 16.7 Å². The fourth-order valence-electron chi connectivity index (χ4n) is 9.20. The van der Waals surface area contributed by atoms with Crippen LogP contribution in [0.3, 0.4) is 0 Å². The monoisotopic (exact) mass is 594 g/mol. The molecular weight excluding hydrogens is 560 g/mol. The van der Waals surface area contributed by atoms with Crippen molar-refractivity contribution >= 4 is 10.8 Å². The van der Waals surface area contributed by atoms with E-state index in [1.807, 2.05) is 78.9 Å². The molecule has 1 heterocycles. The number of benzene rings is 5. The Morgan fingerprint density at radius 2 is 1.11 bits per heavy atom. The zero-order chi connectivity index (χ0) is 30.7. The molecule has 4 fully saturated rings. The van der Waals surface area contributed by atoms with Gasteiger partial charge in [-0.25, -0.2) is 15.0 Å². The second-order valence-corrected chi connectivity index (χ2v) is 13.9. The molecule has 0 N–H and O–H groups in total. The summed E-state index contributed by atoms with van der Waals surface area (Å²) in [6.45, 7) is 0. The van der Waals surface area contributed by atoms with Crippen molar-refractivity contribution in [3.05, 3.63) is 126 Å². The molecule has 0 aliphatic heterocycles. The highest BCUT2D eigenvalue weighted by atomic mass is 15.0. The summed E-state index contributed by atoms with van der Waals surface area (Å²) < 4.78 is 0. The SMILES string of the molecule is N#Cc1ccc2c(-c3nc(-c4ccccc4)nc(-c4ccccc4)n3)cc(-c3ccc(C45CC6CC(CC(C6)C4)C5)cc3)cc2c1. The zero-order valence-corrected chi connectivity index (χ0v) is 25.7. The van der Waals surface area contributed by atoms with Crippen LogP contribution in [0.15, 0.2) is 115 Å². The van der Waals surface area contributed by atoms with Crippen LogP contribution in [0, 0.1) is 29.1 Å². The minimum absolute atomic E-state index is 0.371. The molecule has 4 bridgehead atoms. The summed E-state index contributed by atoms with van der Waals surface area (Å²) >= 11 is 0. The number of fused-ring (bicyclic) bond motifs is 1. The van der Waals surface area contributed by atoms with E-state index in [0.29, 0.717) is 28.5 Å². The maximum Gasteiger partial charge on any atom is 0.164 e.